The molecular formula is C19H12N2O2. The smallest absolute Gasteiger partial charge is 0.247 e. The number of carbonyl (C=O) groups is 1. The van der Waals surface area contributed by atoms with Crippen LogP contribution in [0.4, 0.5) is 0 Å². The Morgan fingerprint density at radius 2 is 1.61 bits per heavy atom. The summed E-state index contributed by atoms with van der Waals surface area (Å²) in [5, 5.41) is 0.716. The molecule has 0 saturated heterocycles. The molecule has 2 heterocycles. The molecule has 0 unspecified atom stereocenters. The average molecular weight is 300 g/mol. The van der Waals surface area contributed by atoms with E-state index < -0.39 is 0 Å². The minimum atomic E-state index is -0.245. The number of furan rings is 1. The molecule has 0 atom stereocenters. The zero-order valence-corrected chi connectivity index (χ0v) is 12.1. The molecule has 0 N–H and O–H groups in total. The van der Waals surface area contributed by atoms with Crippen LogP contribution in [0.3, 0.4) is 0 Å². The highest BCUT2D eigenvalue weighted by atomic mass is 16.3. The van der Waals surface area contributed by atoms with E-state index in [-0.39, 0.29) is 11.5 Å². The summed E-state index contributed by atoms with van der Waals surface area (Å²) in [5.41, 5.74) is 1.95. The fourth-order valence-electron chi connectivity index (χ4n) is 2.49. The van der Waals surface area contributed by atoms with Crippen LogP contribution < -0.4 is 0 Å². The largest absolute Gasteiger partial charge is 0.461 e. The SMILES string of the molecule is O=C(c1ccco1)c1nc(-c2ccccc2)nc2ccccc12. The Hall–Kier alpha value is -3.27. The molecule has 4 nitrogen and oxygen atoms in total. The second kappa shape index (κ2) is 5.50. The Labute approximate surface area is 132 Å². The summed E-state index contributed by atoms with van der Waals surface area (Å²) >= 11 is 0. The molecular weight excluding hydrogens is 288 g/mol. The lowest BCUT2D eigenvalue weighted by atomic mass is 10.1. The van der Waals surface area contributed by atoms with Gasteiger partial charge in [-0.15, -0.1) is 0 Å². The molecule has 4 heteroatoms. The van der Waals surface area contributed by atoms with Gasteiger partial charge in [0.25, 0.3) is 0 Å². The second-order valence-corrected chi connectivity index (χ2v) is 5.09. The van der Waals surface area contributed by atoms with Crippen LogP contribution in [0.2, 0.25) is 0 Å². The topological polar surface area (TPSA) is 56.0 Å². The van der Waals surface area contributed by atoms with Crippen molar-refractivity contribution in [2.24, 2.45) is 0 Å². The number of benzene rings is 2. The van der Waals surface area contributed by atoms with Crippen molar-refractivity contribution in [3.63, 3.8) is 0 Å². The lowest BCUT2D eigenvalue weighted by Gasteiger charge is -2.07. The van der Waals surface area contributed by atoms with E-state index in [1.807, 2.05) is 54.6 Å². The van der Waals surface area contributed by atoms with Crippen LogP contribution in [0.5, 0.6) is 0 Å². The zero-order valence-electron chi connectivity index (χ0n) is 12.1. The number of hydrogen-bond donors (Lipinski definition) is 0. The van der Waals surface area contributed by atoms with Gasteiger partial charge in [-0.25, -0.2) is 9.97 Å². The molecule has 0 amide bonds. The summed E-state index contributed by atoms with van der Waals surface area (Å²) in [5.74, 6) is 0.554. The molecule has 0 saturated carbocycles. The van der Waals surface area contributed by atoms with E-state index in [4.69, 9.17) is 4.42 Å². The van der Waals surface area contributed by atoms with Gasteiger partial charge in [0.05, 0.1) is 11.8 Å². The van der Waals surface area contributed by atoms with E-state index >= 15 is 0 Å². The fraction of sp³-hybridized carbons (Fsp3) is 0. The summed E-state index contributed by atoms with van der Waals surface area (Å²) in [4.78, 5) is 21.8. The summed E-state index contributed by atoms with van der Waals surface area (Å²) in [7, 11) is 0. The van der Waals surface area contributed by atoms with Gasteiger partial charge in [0.15, 0.2) is 11.6 Å². The Morgan fingerprint density at radius 3 is 2.39 bits per heavy atom. The van der Waals surface area contributed by atoms with Crippen molar-refractivity contribution in [2.75, 3.05) is 0 Å². The van der Waals surface area contributed by atoms with Gasteiger partial charge in [-0.2, -0.15) is 0 Å². The number of rotatable bonds is 3. The van der Waals surface area contributed by atoms with Gasteiger partial charge in [0, 0.05) is 10.9 Å². The molecule has 0 bridgehead atoms. The molecule has 2 aromatic heterocycles. The van der Waals surface area contributed by atoms with Gasteiger partial charge in [-0.1, -0.05) is 48.5 Å². The van der Waals surface area contributed by atoms with E-state index in [9.17, 15) is 4.79 Å². The van der Waals surface area contributed by atoms with Crippen molar-refractivity contribution in [3.8, 4) is 11.4 Å². The highest BCUT2D eigenvalue weighted by molar-refractivity contribution is 6.13. The Morgan fingerprint density at radius 1 is 0.826 bits per heavy atom. The highest BCUT2D eigenvalue weighted by Gasteiger charge is 2.19. The van der Waals surface area contributed by atoms with Crippen LogP contribution in [0.25, 0.3) is 22.3 Å². The first-order valence-corrected chi connectivity index (χ1v) is 7.23. The van der Waals surface area contributed by atoms with Crippen LogP contribution >= 0.6 is 0 Å². The number of ketones is 1. The minimum Gasteiger partial charge on any atom is -0.461 e. The first-order valence-electron chi connectivity index (χ1n) is 7.23. The van der Waals surface area contributed by atoms with Crippen LogP contribution in [0.1, 0.15) is 16.2 Å². The lowest BCUT2D eigenvalue weighted by molar-refractivity contribution is 0.101. The quantitative estimate of drug-likeness (QED) is 0.534. The van der Waals surface area contributed by atoms with Gasteiger partial charge in [-0.05, 0) is 18.2 Å². The monoisotopic (exact) mass is 300 g/mol. The van der Waals surface area contributed by atoms with Crippen LogP contribution in [-0.2, 0) is 0 Å². The molecule has 2 aromatic carbocycles. The summed E-state index contributed by atoms with van der Waals surface area (Å²) in [6.07, 6.45) is 1.48. The van der Waals surface area contributed by atoms with Gasteiger partial charge in [0.1, 0.15) is 5.69 Å². The summed E-state index contributed by atoms with van der Waals surface area (Å²) in [6.45, 7) is 0. The third-order valence-corrected chi connectivity index (χ3v) is 3.60. The number of aromatic nitrogens is 2. The molecule has 0 aliphatic carbocycles. The molecule has 0 aliphatic rings. The Bertz CT molecular complexity index is 977. The molecule has 110 valence electrons. The summed E-state index contributed by atoms with van der Waals surface area (Å²) < 4.78 is 5.23. The summed E-state index contributed by atoms with van der Waals surface area (Å²) in [6, 6.07) is 20.4. The number of para-hydroxylation sites is 1. The first kappa shape index (κ1) is 13.4. The van der Waals surface area contributed by atoms with Crippen molar-refractivity contribution >= 4 is 16.7 Å². The first-order chi connectivity index (χ1) is 11.3. The van der Waals surface area contributed by atoms with E-state index in [0.29, 0.717) is 16.9 Å². The van der Waals surface area contributed by atoms with Gasteiger partial charge in [-0.3, -0.25) is 4.79 Å². The number of carbonyl (C=O) groups excluding carboxylic acids is 1. The lowest BCUT2D eigenvalue weighted by Crippen LogP contribution is -2.06. The van der Waals surface area contributed by atoms with Crippen molar-refractivity contribution < 1.29 is 9.21 Å². The van der Waals surface area contributed by atoms with E-state index in [1.54, 1.807) is 12.1 Å². The van der Waals surface area contributed by atoms with Gasteiger partial charge >= 0.3 is 0 Å². The molecule has 0 spiro atoms. The Kier molecular flexibility index (Phi) is 3.20. The molecule has 4 aromatic rings. The predicted octanol–water partition coefficient (Wildman–Crippen LogP) is 4.12. The molecule has 23 heavy (non-hydrogen) atoms. The maximum atomic E-state index is 12.7. The number of fused-ring (bicyclic) bond motifs is 1. The van der Waals surface area contributed by atoms with Crippen molar-refractivity contribution in [1.82, 2.24) is 9.97 Å². The minimum absolute atomic E-state index is 0.245. The molecule has 4 rings (SSSR count). The van der Waals surface area contributed by atoms with E-state index in [0.717, 1.165) is 11.1 Å². The maximum absolute atomic E-state index is 12.7. The number of hydrogen-bond acceptors (Lipinski definition) is 4. The molecule has 0 aliphatic heterocycles. The third kappa shape index (κ3) is 2.40. The second-order valence-electron chi connectivity index (χ2n) is 5.09. The van der Waals surface area contributed by atoms with Gasteiger partial charge in [0.2, 0.25) is 5.78 Å². The molecule has 0 fully saturated rings. The third-order valence-electron chi connectivity index (χ3n) is 3.60. The predicted molar refractivity (Wildman–Crippen MR) is 87.1 cm³/mol. The van der Waals surface area contributed by atoms with Crippen molar-refractivity contribution in [1.29, 1.82) is 0 Å². The van der Waals surface area contributed by atoms with Crippen LogP contribution in [0, 0.1) is 0 Å². The average Bonchev–Trinajstić information content (AvgIpc) is 3.15. The van der Waals surface area contributed by atoms with E-state index in [2.05, 4.69) is 9.97 Å². The fourth-order valence-corrected chi connectivity index (χ4v) is 2.49. The normalized spacial score (nSPS) is 10.8. The van der Waals surface area contributed by atoms with E-state index in [1.165, 1.54) is 6.26 Å². The van der Waals surface area contributed by atoms with Crippen molar-refractivity contribution in [3.05, 3.63) is 84.4 Å². The zero-order chi connectivity index (χ0) is 15.6. The van der Waals surface area contributed by atoms with Crippen molar-refractivity contribution in [2.45, 2.75) is 0 Å². The van der Waals surface area contributed by atoms with Gasteiger partial charge < -0.3 is 4.42 Å². The number of nitrogens with zero attached hydrogens (tertiary/aromatic N) is 2. The maximum Gasteiger partial charge on any atom is 0.247 e. The highest BCUT2D eigenvalue weighted by Crippen LogP contribution is 2.23. The molecule has 0 radical (unpaired) electrons. The Balaban J connectivity index is 1.96. The van der Waals surface area contributed by atoms with Crippen LogP contribution in [0.15, 0.2) is 77.4 Å². The van der Waals surface area contributed by atoms with Crippen LogP contribution in [-0.4, -0.2) is 15.8 Å². The standard InChI is InChI=1S/C19H12N2O2/c22-18(16-11-6-12-23-16)17-14-9-4-5-10-15(14)20-19(21-17)13-7-2-1-3-8-13/h1-12H.